The molecule has 0 saturated carbocycles. The number of nitrogens with one attached hydrogen (secondary N) is 1. The Morgan fingerprint density at radius 1 is 1.32 bits per heavy atom. The van der Waals surface area contributed by atoms with Crippen LogP contribution in [0.1, 0.15) is 24.5 Å². The van der Waals surface area contributed by atoms with Gasteiger partial charge in [-0.2, -0.15) is 4.68 Å². The van der Waals surface area contributed by atoms with Crippen LogP contribution in [0.4, 0.5) is 0 Å². The third-order valence-electron chi connectivity index (χ3n) is 5.24. The Labute approximate surface area is 185 Å². The number of benzene rings is 1. The number of aromatic nitrogens is 4. The second kappa shape index (κ2) is 9.77. The molecule has 0 spiro atoms. The van der Waals surface area contributed by atoms with E-state index in [1.54, 1.807) is 11.6 Å². The largest absolute Gasteiger partial charge is 0.351 e. The molecule has 10 nitrogen and oxygen atoms in total. The minimum absolute atomic E-state index is 0.0459. The standard InChI is InChI=1S/C19H26N6O4S2/c1-4-24(10-17(26)20-15-8-9-31(28,29)12-15)18(27)11-30-19-21-22-23-25(19)16-7-5-6-13(2)14(16)3/h5-7,15H,4,8-12H2,1-3H3,(H,20,26)/t15-/m1/s1. The van der Waals surface area contributed by atoms with Crippen LogP contribution in [-0.2, 0) is 19.4 Å². The Hall–Kier alpha value is -2.47. The third kappa shape index (κ3) is 5.82. The fourth-order valence-corrected chi connectivity index (χ4v) is 5.79. The summed E-state index contributed by atoms with van der Waals surface area (Å²) in [5.74, 6) is -0.472. The smallest absolute Gasteiger partial charge is 0.239 e. The van der Waals surface area contributed by atoms with E-state index in [-0.39, 0.29) is 41.7 Å². The van der Waals surface area contributed by atoms with Gasteiger partial charge >= 0.3 is 0 Å². The zero-order valence-corrected chi connectivity index (χ0v) is 19.4. The first-order valence-electron chi connectivity index (χ1n) is 9.95. The van der Waals surface area contributed by atoms with Crippen LogP contribution in [-0.4, -0.2) is 81.7 Å². The Morgan fingerprint density at radius 3 is 2.77 bits per heavy atom. The molecule has 1 aromatic carbocycles. The number of rotatable bonds is 8. The van der Waals surface area contributed by atoms with Gasteiger partial charge in [0.25, 0.3) is 0 Å². The highest BCUT2D eigenvalue weighted by molar-refractivity contribution is 7.99. The molecule has 2 aromatic rings. The van der Waals surface area contributed by atoms with E-state index < -0.39 is 9.84 Å². The lowest BCUT2D eigenvalue weighted by Gasteiger charge is -2.21. The average Bonchev–Trinajstić information content (AvgIpc) is 3.32. The lowest BCUT2D eigenvalue weighted by molar-refractivity contribution is -0.134. The van der Waals surface area contributed by atoms with Crippen LogP contribution in [0.3, 0.4) is 0 Å². The number of hydrogen-bond donors (Lipinski definition) is 1. The maximum Gasteiger partial charge on any atom is 0.239 e. The number of amides is 2. The van der Waals surface area contributed by atoms with E-state index in [1.165, 1.54) is 16.7 Å². The number of likely N-dealkylation sites (N-methyl/N-ethyl adjacent to an activating group) is 1. The summed E-state index contributed by atoms with van der Waals surface area (Å²) in [4.78, 5) is 26.4. The van der Waals surface area contributed by atoms with E-state index in [4.69, 9.17) is 0 Å². The van der Waals surface area contributed by atoms with Crippen molar-refractivity contribution in [2.75, 3.05) is 30.3 Å². The molecular formula is C19H26N6O4S2. The molecule has 1 aliphatic heterocycles. The summed E-state index contributed by atoms with van der Waals surface area (Å²) < 4.78 is 24.7. The monoisotopic (exact) mass is 466 g/mol. The zero-order chi connectivity index (χ0) is 22.6. The predicted octanol–water partition coefficient (Wildman–Crippen LogP) is 0.523. The fraction of sp³-hybridized carbons (Fsp3) is 0.526. The SMILES string of the molecule is CCN(CC(=O)N[C@@H]1CCS(=O)(=O)C1)C(=O)CSc1nnnn1-c1cccc(C)c1C. The first kappa shape index (κ1) is 23.2. The summed E-state index contributed by atoms with van der Waals surface area (Å²) in [6.07, 6.45) is 0.408. The van der Waals surface area contributed by atoms with E-state index in [1.807, 2.05) is 32.0 Å². The van der Waals surface area contributed by atoms with Crippen molar-refractivity contribution < 1.29 is 18.0 Å². The molecule has 168 valence electrons. The van der Waals surface area contributed by atoms with Crippen LogP contribution < -0.4 is 5.32 Å². The Balaban J connectivity index is 1.58. The molecule has 0 radical (unpaired) electrons. The number of tetrazole rings is 1. The Kier molecular flexibility index (Phi) is 7.31. The second-order valence-electron chi connectivity index (χ2n) is 7.46. The van der Waals surface area contributed by atoms with Crippen molar-refractivity contribution in [3.8, 4) is 5.69 Å². The van der Waals surface area contributed by atoms with Crippen molar-refractivity contribution in [2.24, 2.45) is 0 Å². The number of nitrogens with zero attached hydrogens (tertiary/aromatic N) is 5. The van der Waals surface area contributed by atoms with Crippen molar-refractivity contribution in [3.05, 3.63) is 29.3 Å². The van der Waals surface area contributed by atoms with Gasteiger partial charge in [0.15, 0.2) is 9.84 Å². The van der Waals surface area contributed by atoms with E-state index in [9.17, 15) is 18.0 Å². The highest BCUT2D eigenvalue weighted by Gasteiger charge is 2.29. The molecule has 2 heterocycles. The molecule has 0 bridgehead atoms. The molecule has 0 unspecified atom stereocenters. The molecule has 31 heavy (non-hydrogen) atoms. The van der Waals surface area contributed by atoms with Crippen molar-refractivity contribution >= 4 is 33.4 Å². The Morgan fingerprint density at radius 2 is 2.10 bits per heavy atom. The van der Waals surface area contributed by atoms with Crippen LogP contribution in [0.15, 0.2) is 23.4 Å². The number of carbonyl (C=O) groups excluding carboxylic acids is 2. The summed E-state index contributed by atoms with van der Waals surface area (Å²) in [5, 5.41) is 15.0. The first-order chi connectivity index (χ1) is 14.7. The molecule has 12 heteroatoms. The van der Waals surface area contributed by atoms with E-state index >= 15 is 0 Å². The van der Waals surface area contributed by atoms with Crippen LogP contribution in [0.2, 0.25) is 0 Å². The minimum atomic E-state index is -3.08. The van der Waals surface area contributed by atoms with Crippen molar-refractivity contribution in [1.82, 2.24) is 30.4 Å². The van der Waals surface area contributed by atoms with Gasteiger partial charge < -0.3 is 10.2 Å². The van der Waals surface area contributed by atoms with Crippen molar-refractivity contribution in [2.45, 2.75) is 38.4 Å². The van der Waals surface area contributed by atoms with Gasteiger partial charge in [0.2, 0.25) is 17.0 Å². The minimum Gasteiger partial charge on any atom is -0.351 e. The second-order valence-corrected chi connectivity index (χ2v) is 10.6. The number of aryl methyl sites for hydroxylation is 1. The zero-order valence-electron chi connectivity index (χ0n) is 17.7. The molecule has 1 fully saturated rings. The number of thioether (sulfide) groups is 1. The fourth-order valence-electron chi connectivity index (χ4n) is 3.33. The number of carbonyl (C=O) groups is 2. The lowest BCUT2D eigenvalue weighted by atomic mass is 10.1. The van der Waals surface area contributed by atoms with Gasteiger partial charge in [0, 0.05) is 12.6 Å². The van der Waals surface area contributed by atoms with Gasteiger partial charge in [-0.1, -0.05) is 23.9 Å². The highest BCUT2D eigenvalue weighted by Crippen LogP contribution is 2.22. The number of hydrogen-bond acceptors (Lipinski definition) is 8. The highest BCUT2D eigenvalue weighted by atomic mass is 32.2. The van der Waals surface area contributed by atoms with Gasteiger partial charge in [0.1, 0.15) is 0 Å². The van der Waals surface area contributed by atoms with Gasteiger partial charge in [0.05, 0.1) is 29.5 Å². The topological polar surface area (TPSA) is 127 Å². The van der Waals surface area contributed by atoms with E-state index in [0.717, 1.165) is 16.8 Å². The normalized spacial score (nSPS) is 17.5. The Bertz CT molecular complexity index is 1070. The van der Waals surface area contributed by atoms with E-state index in [2.05, 4.69) is 20.8 Å². The molecule has 1 aliphatic rings. The molecule has 1 aromatic heterocycles. The summed E-state index contributed by atoms with van der Waals surface area (Å²) >= 11 is 1.20. The summed E-state index contributed by atoms with van der Waals surface area (Å²) in [5.41, 5.74) is 3.00. The molecule has 3 rings (SSSR count). The summed E-state index contributed by atoms with van der Waals surface area (Å²) in [7, 11) is -3.08. The third-order valence-corrected chi connectivity index (χ3v) is 7.91. The molecule has 0 aliphatic carbocycles. The first-order valence-corrected chi connectivity index (χ1v) is 12.8. The molecule has 2 amide bonds. The summed E-state index contributed by atoms with van der Waals surface area (Å²) in [6.45, 7) is 6.02. The summed E-state index contributed by atoms with van der Waals surface area (Å²) in [6, 6.07) is 5.45. The molecule has 1 N–H and O–H groups in total. The van der Waals surface area contributed by atoms with E-state index in [0.29, 0.717) is 18.1 Å². The molecule has 1 atom stereocenters. The van der Waals surface area contributed by atoms with Crippen LogP contribution >= 0.6 is 11.8 Å². The maximum absolute atomic E-state index is 12.7. The van der Waals surface area contributed by atoms with Gasteiger partial charge in [-0.3, -0.25) is 9.59 Å². The molecular weight excluding hydrogens is 440 g/mol. The van der Waals surface area contributed by atoms with Crippen molar-refractivity contribution in [1.29, 1.82) is 0 Å². The van der Waals surface area contributed by atoms with Gasteiger partial charge in [-0.25, -0.2) is 8.42 Å². The van der Waals surface area contributed by atoms with Crippen molar-refractivity contribution in [3.63, 3.8) is 0 Å². The quantitative estimate of drug-likeness (QED) is 0.558. The van der Waals surface area contributed by atoms with Crippen LogP contribution in [0.5, 0.6) is 0 Å². The van der Waals surface area contributed by atoms with Crippen LogP contribution in [0, 0.1) is 13.8 Å². The average molecular weight is 467 g/mol. The van der Waals surface area contributed by atoms with Gasteiger partial charge in [-0.15, -0.1) is 5.10 Å². The number of sulfone groups is 1. The van der Waals surface area contributed by atoms with Gasteiger partial charge in [-0.05, 0) is 54.8 Å². The molecule has 1 saturated heterocycles. The maximum atomic E-state index is 12.7. The predicted molar refractivity (Wildman–Crippen MR) is 117 cm³/mol. The van der Waals surface area contributed by atoms with Crippen LogP contribution in [0.25, 0.3) is 5.69 Å². The lowest BCUT2D eigenvalue weighted by Crippen LogP contribution is -2.45.